The van der Waals surface area contributed by atoms with Crippen molar-refractivity contribution in [2.24, 2.45) is 0 Å². The third-order valence-corrected chi connectivity index (χ3v) is 2.87. The molecule has 0 unspecified atom stereocenters. The summed E-state index contributed by atoms with van der Waals surface area (Å²) in [4.78, 5) is 4.03. The lowest BCUT2D eigenvalue weighted by Crippen LogP contribution is -2.06. The van der Waals surface area contributed by atoms with E-state index in [1.165, 1.54) is 0 Å². The van der Waals surface area contributed by atoms with E-state index in [1.54, 1.807) is 25.6 Å². The first-order valence-electron chi connectivity index (χ1n) is 5.51. The number of hydrogen-bond acceptors (Lipinski definition) is 3. The molecule has 2 aromatic rings. The van der Waals surface area contributed by atoms with Crippen molar-refractivity contribution >= 4 is 17.3 Å². The number of rotatable bonds is 4. The highest BCUT2D eigenvalue weighted by atomic mass is 35.5. The van der Waals surface area contributed by atoms with Gasteiger partial charge < -0.3 is 10.1 Å². The van der Waals surface area contributed by atoms with Crippen LogP contribution in [0.1, 0.15) is 11.1 Å². The van der Waals surface area contributed by atoms with Crippen molar-refractivity contribution in [3.63, 3.8) is 0 Å². The van der Waals surface area contributed by atoms with E-state index in [2.05, 4.69) is 4.98 Å². The van der Waals surface area contributed by atoms with E-state index >= 15 is 0 Å². The van der Waals surface area contributed by atoms with Crippen LogP contribution in [0.25, 0.3) is 0 Å². The van der Waals surface area contributed by atoms with Gasteiger partial charge in [0.05, 0.1) is 12.7 Å². The van der Waals surface area contributed by atoms with E-state index in [0.717, 1.165) is 11.1 Å². The highest BCUT2D eigenvalue weighted by molar-refractivity contribution is 6.30. The van der Waals surface area contributed by atoms with Crippen molar-refractivity contribution in [1.82, 2.24) is 4.98 Å². The Kier molecular flexibility index (Phi) is 3.95. The second-order valence-corrected chi connectivity index (χ2v) is 4.29. The largest absolute Gasteiger partial charge is 0.496 e. The lowest BCUT2D eigenvalue weighted by atomic mass is 10.0. The molecule has 1 aromatic carbocycles. The topological polar surface area (TPSA) is 46.0 Å². The highest BCUT2D eigenvalue weighted by Crippen LogP contribution is 2.19. The number of halogens is 1. The molecule has 1 N–H and O–H groups in total. The van der Waals surface area contributed by atoms with Gasteiger partial charge >= 0.3 is 0 Å². The number of aromatic nitrogens is 1. The monoisotopic (exact) mass is 260 g/mol. The summed E-state index contributed by atoms with van der Waals surface area (Å²) in [5.74, 6) is 0.670. The number of pyridine rings is 1. The van der Waals surface area contributed by atoms with Gasteiger partial charge in [-0.05, 0) is 23.8 Å². The van der Waals surface area contributed by atoms with Crippen molar-refractivity contribution in [2.75, 3.05) is 7.11 Å². The van der Waals surface area contributed by atoms with E-state index in [1.807, 2.05) is 24.3 Å². The third-order valence-electron chi connectivity index (χ3n) is 2.62. The van der Waals surface area contributed by atoms with Gasteiger partial charge in [-0.15, -0.1) is 0 Å². The fourth-order valence-corrected chi connectivity index (χ4v) is 1.81. The summed E-state index contributed by atoms with van der Waals surface area (Å²) >= 11 is 5.83. The molecule has 1 heterocycles. The second kappa shape index (κ2) is 5.65. The first-order chi connectivity index (χ1) is 8.70. The van der Waals surface area contributed by atoms with Crippen LogP contribution in [0.4, 0.5) is 0 Å². The smallest absolute Gasteiger partial charge is 0.130 e. The number of methoxy groups -OCH3 is 1. The zero-order valence-corrected chi connectivity index (χ0v) is 10.7. The molecule has 2 rings (SSSR count). The summed E-state index contributed by atoms with van der Waals surface area (Å²) in [7, 11) is 1.59. The van der Waals surface area contributed by atoms with Crippen LogP contribution in [-0.2, 0) is 6.42 Å². The van der Waals surface area contributed by atoms with E-state index in [-0.39, 0.29) is 0 Å². The van der Waals surface area contributed by atoms with Crippen LogP contribution < -0.4 is 4.74 Å². The van der Waals surface area contributed by atoms with Crippen molar-refractivity contribution < 1.29 is 4.74 Å². The molecule has 0 aliphatic carbocycles. The summed E-state index contributed by atoms with van der Waals surface area (Å²) in [5, 5.41) is 8.81. The van der Waals surface area contributed by atoms with Gasteiger partial charge in [0.1, 0.15) is 5.75 Å². The summed E-state index contributed by atoms with van der Waals surface area (Å²) in [6, 6.07) is 9.24. The van der Waals surface area contributed by atoms with Gasteiger partial charge in [-0.3, -0.25) is 4.98 Å². The molecule has 0 radical (unpaired) electrons. The zero-order chi connectivity index (χ0) is 13.0. The summed E-state index contributed by atoms with van der Waals surface area (Å²) in [6.07, 6.45) is 3.83. The molecule has 0 spiro atoms. The molecule has 0 amide bonds. The molecule has 0 saturated heterocycles. The highest BCUT2D eigenvalue weighted by Gasteiger charge is 2.09. The van der Waals surface area contributed by atoms with Crippen molar-refractivity contribution in [1.29, 1.82) is 5.41 Å². The van der Waals surface area contributed by atoms with E-state index in [0.29, 0.717) is 22.9 Å². The number of hydrogen-bond donors (Lipinski definition) is 1. The lowest BCUT2D eigenvalue weighted by molar-refractivity contribution is 0.413. The van der Waals surface area contributed by atoms with Gasteiger partial charge in [-0.25, -0.2) is 0 Å². The SMILES string of the molecule is COc1ccncc1C(=N)Cc1ccc(Cl)cc1. The lowest BCUT2D eigenvalue weighted by Gasteiger charge is -2.09. The molecule has 0 aliphatic heterocycles. The van der Waals surface area contributed by atoms with Crippen molar-refractivity contribution in [2.45, 2.75) is 6.42 Å². The minimum atomic E-state index is 0.474. The number of benzene rings is 1. The minimum Gasteiger partial charge on any atom is -0.496 e. The summed E-state index contributed by atoms with van der Waals surface area (Å²) < 4.78 is 5.22. The average Bonchev–Trinajstić information content (AvgIpc) is 2.41. The molecular weight excluding hydrogens is 248 g/mol. The predicted octanol–water partition coefficient (Wildman–Crippen LogP) is 3.35. The summed E-state index contributed by atoms with van der Waals surface area (Å²) in [6.45, 7) is 0. The molecule has 0 bridgehead atoms. The van der Waals surface area contributed by atoms with E-state index in [4.69, 9.17) is 21.7 Å². The van der Waals surface area contributed by atoms with Gasteiger partial charge in [0.15, 0.2) is 0 Å². The fraction of sp³-hybridized carbons (Fsp3) is 0.143. The van der Waals surface area contributed by atoms with Crippen LogP contribution >= 0.6 is 11.6 Å². The third kappa shape index (κ3) is 2.87. The van der Waals surface area contributed by atoms with Gasteiger partial charge in [-0.2, -0.15) is 0 Å². The average molecular weight is 261 g/mol. The zero-order valence-electron chi connectivity index (χ0n) is 9.98. The molecule has 1 aromatic heterocycles. The molecule has 0 fully saturated rings. The van der Waals surface area contributed by atoms with Crippen LogP contribution in [0.15, 0.2) is 42.7 Å². The molecule has 92 valence electrons. The number of ether oxygens (including phenoxy) is 1. The van der Waals surface area contributed by atoms with E-state index in [9.17, 15) is 0 Å². The van der Waals surface area contributed by atoms with Crippen molar-refractivity contribution in [3.8, 4) is 5.75 Å². The molecule has 0 aliphatic rings. The van der Waals surface area contributed by atoms with Crippen LogP contribution in [0.5, 0.6) is 5.75 Å². The van der Waals surface area contributed by atoms with Gasteiger partial charge in [0.25, 0.3) is 0 Å². The first-order valence-corrected chi connectivity index (χ1v) is 5.88. The molecule has 18 heavy (non-hydrogen) atoms. The fourth-order valence-electron chi connectivity index (χ4n) is 1.69. The Morgan fingerprint density at radius 3 is 2.67 bits per heavy atom. The number of nitrogens with zero attached hydrogens (tertiary/aromatic N) is 1. The Morgan fingerprint density at radius 2 is 2.00 bits per heavy atom. The Labute approximate surface area is 111 Å². The predicted molar refractivity (Wildman–Crippen MR) is 72.8 cm³/mol. The van der Waals surface area contributed by atoms with Crippen LogP contribution in [0, 0.1) is 5.41 Å². The molecule has 0 saturated carbocycles. The van der Waals surface area contributed by atoms with Crippen LogP contribution in [0.3, 0.4) is 0 Å². The Bertz CT molecular complexity index is 552. The Morgan fingerprint density at radius 1 is 1.28 bits per heavy atom. The van der Waals surface area contributed by atoms with Crippen LogP contribution in [0.2, 0.25) is 5.02 Å². The molecule has 0 atom stereocenters. The normalized spacial score (nSPS) is 10.1. The maximum atomic E-state index is 8.11. The maximum absolute atomic E-state index is 8.11. The Hall–Kier alpha value is -1.87. The number of nitrogens with one attached hydrogen (secondary N) is 1. The van der Waals surface area contributed by atoms with Crippen LogP contribution in [-0.4, -0.2) is 17.8 Å². The minimum absolute atomic E-state index is 0.474. The first kappa shape index (κ1) is 12.6. The standard InChI is InChI=1S/C14H13ClN2O/c1-18-14-6-7-17-9-12(14)13(16)8-10-2-4-11(15)5-3-10/h2-7,9,16H,8H2,1H3. The maximum Gasteiger partial charge on any atom is 0.130 e. The van der Waals surface area contributed by atoms with Gasteiger partial charge in [0, 0.05) is 29.5 Å². The van der Waals surface area contributed by atoms with E-state index < -0.39 is 0 Å². The molecule has 4 heteroatoms. The van der Waals surface area contributed by atoms with Crippen molar-refractivity contribution in [3.05, 3.63) is 58.9 Å². The van der Waals surface area contributed by atoms with Gasteiger partial charge in [-0.1, -0.05) is 23.7 Å². The second-order valence-electron chi connectivity index (χ2n) is 3.86. The Balaban J connectivity index is 2.19. The van der Waals surface area contributed by atoms with Gasteiger partial charge in [0.2, 0.25) is 0 Å². The quantitative estimate of drug-likeness (QED) is 0.857. The summed E-state index contributed by atoms with van der Waals surface area (Å²) in [5.41, 5.74) is 2.23. The molecular formula is C14H13ClN2O. The molecule has 3 nitrogen and oxygen atoms in total.